The molecule has 0 aliphatic carbocycles. The van der Waals surface area contributed by atoms with Crippen LogP contribution < -0.4 is 5.32 Å². The molecule has 2 atom stereocenters. The maximum atomic E-state index is 5.29. The minimum absolute atomic E-state index is 0.454. The molecule has 4 heteroatoms. The molecule has 4 nitrogen and oxygen atoms in total. The third-order valence-corrected chi connectivity index (χ3v) is 3.50. The first kappa shape index (κ1) is 14.9. The van der Waals surface area contributed by atoms with Crippen LogP contribution in [-0.4, -0.2) is 75.4 Å². The smallest absolute Gasteiger partial charge is 0.0628 e. The largest absolute Gasteiger partial charge is 0.383 e. The fourth-order valence-electron chi connectivity index (χ4n) is 2.64. The zero-order valence-corrected chi connectivity index (χ0v) is 11.9. The third kappa shape index (κ3) is 5.34. The first-order chi connectivity index (χ1) is 8.17. The maximum Gasteiger partial charge on any atom is 0.0628 e. The van der Waals surface area contributed by atoms with E-state index in [1.807, 2.05) is 0 Å². The van der Waals surface area contributed by atoms with Crippen LogP contribution in [0.5, 0.6) is 0 Å². The van der Waals surface area contributed by atoms with Crippen LogP contribution in [0.1, 0.15) is 20.3 Å². The summed E-state index contributed by atoms with van der Waals surface area (Å²) >= 11 is 0. The summed E-state index contributed by atoms with van der Waals surface area (Å²) in [6, 6.07) is 1.09. The molecule has 1 rings (SSSR count). The Morgan fingerprint density at radius 1 is 1.41 bits per heavy atom. The number of rotatable bonds is 6. The Morgan fingerprint density at radius 2 is 2.18 bits per heavy atom. The number of nitrogens with zero attached hydrogens (tertiary/aromatic N) is 2. The van der Waals surface area contributed by atoms with Crippen LogP contribution in [0.15, 0.2) is 0 Å². The van der Waals surface area contributed by atoms with Crippen LogP contribution in [-0.2, 0) is 4.74 Å². The Bertz CT molecular complexity index is 195. The van der Waals surface area contributed by atoms with Gasteiger partial charge in [-0.2, -0.15) is 0 Å². The highest BCUT2D eigenvalue weighted by atomic mass is 16.5. The van der Waals surface area contributed by atoms with E-state index in [2.05, 4.69) is 36.0 Å². The molecule has 0 aromatic rings. The second kappa shape index (κ2) is 8.03. The topological polar surface area (TPSA) is 27.7 Å². The molecule has 1 aliphatic heterocycles. The molecule has 1 N–H and O–H groups in total. The van der Waals surface area contributed by atoms with Crippen LogP contribution in [0.3, 0.4) is 0 Å². The van der Waals surface area contributed by atoms with Crippen LogP contribution in [0.4, 0.5) is 0 Å². The number of ether oxygens (including phenoxy) is 1. The van der Waals surface area contributed by atoms with Crippen molar-refractivity contribution < 1.29 is 4.74 Å². The van der Waals surface area contributed by atoms with E-state index < -0.39 is 0 Å². The fraction of sp³-hybridized carbons (Fsp3) is 1.00. The maximum absolute atomic E-state index is 5.29. The van der Waals surface area contributed by atoms with Gasteiger partial charge in [0.15, 0.2) is 0 Å². The molecule has 0 spiro atoms. The SMILES string of the molecule is CCNC(COC)CN1CCCN(C)CC1C. The van der Waals surface area contributed by atoms with Gasteiger partial charge in [-0.25, -0.2) is 0 Å². The Hall–Kier alpha value is -0.160. The molecule has 17 heavy (non-hydrogen) atoms. The standard InChI is InChI=1S/C13H29N3O/c1-5-14-13(11-17-4)10-16-8-6-7-15(3)9-12(16)2/h12-14H,5-11H2,1-4H3. The Morgan fingerprint density at radius 3 is 2.82 bits per heavy atom. The Balaban J connectivity index is 2.45. The Labute approximate surface area is 106 Å². The molecule has 0 aromatic carbocycles. The molecule has 0 radical (unpaired) electrons. The van der Waals surface area contributed by atoms with Gasteiger partial charge in [-0.1, -0.05) is 6.92 Å². The summed E-state index contributed by atoms with van der Waals surface area (Å²) in [7, 11) is 4.00. The Kier molecular flexibility index (Phi) is 7.04. The summed E-state index contributed by atoms with van der Waals surface area (Å²) in [6.45, 7) is 11.0. The summed E-state index contributed by atoms with van der Waals surface area (Å²) in [6.07, 6.45) is 1.27. The highest BCUT2D eigenvalue weighted by Crippen LogP contribution is 2.09. The quantitative estimate of drug-likeness (QED) is 0.741. The number of nitrogens with one attached hydrogen (secondary N) is 1. The van der Waals surface area contributed by atoms with Crippen molar-refractivity contribution in [3.8, 4) is 0 Å². The van der Waals surface area contributed by atoms with Crippen molar-refractivity contribution in [3.63, 3.8) is 0 Å². The van der Waals surface area contributed by atoms with Crippen molar-refractivity contribution in [3.05, 3.63) is 0 Å². The van der Waals surface area contributed by atoms with E-state index in [1.54, 1.807) is 7.11 Å². The predicted molar refractivity (Wildman–Crippen MR) is 72.5 cm³/mol. The van der Waals surface area contributed by atoms with Crippen molar-refractivity contribution in [2.45, 2.75) is 32.4 Å². The van der Waals surface area contributed by atoms with Crippen LogP contribution in [0.2, 0.25) is 0 Å². The van der Waals surface area contributed by atoms with Crippen LogP contribution in [0, 0.1) is 0 Å². The molecule has 102 valence electrons. The highest BCUT2D eigenvalue weighted by molar-refractivity contribution is 4.79. The van der Waals surface area contributed by atoms with Gasteiger partial charge in [-0.15, -0.1) is 0 Å². The summed E-state index contributed by atoms with van der Waals surface area (Å²) in [4.78, 5) is 5.03. The monoisotopic (exact) mass is 243 g/mol. The van der Waals surface area contributed by atoms with E-state index in [-0.39, 0.29) is 0 Å². The van der Waals surface area contributed by atoms with E-state index in [9.17, 15) is 0 Å². The molecule has 1 heterocycles. The van der Waals surface area contributed by atoms with E-state index >= 15 is 0 Å². The van der Waals surface area contributed by atoms with E-state index in [0.29, 0.717) is 12.1 Å². The summed E-state index contributed by atoms with van der Waals surface area (Å²) in [5, 5.41) is 3.50. The number of methoxy groups -OCH3 is 1. The molecular weight excluding hydrogens is 214 g/mol. The van der Waals surface area contributed by atoms with Crippen LogP contribution >= 0.6 is 0 Å². The number of hydrogen-bond donors (Lipinski definition) is 1. The number of likely N-dealkylation sites (N-methyl/N-ethyl adjacent to an activating group) is 2. The lowest BCUT2D eigenvalue weighted by Crippen LogP contribution is -2.48. The lowest BCUT2D eigenvalue weighted by molar-refractivity contribution is 0.122. The first-order valence-corrected chi connectivity index (χ1v) is 6.82. The summed E-state index contributed by atoms with van der Waals surface area (Å²) < 4.78 is 5.29. The minimum Gasteiger partial charge on any atom is -0.383 e. The van der Waals surface area contributed by atoms with Gasteiger partial charge < -0.3 is 15.0 Å². The molecule has 2 unspecified atom stereocenters. The van der Waals surface area contributed by atoms with Crippen molar-refractivity contribution in [2.75, 3.05) is 53.5 Å². The second-order valence-corrected chi connectivity index (χ2v) is 5.17. The molecule has 1 fully saturated rings. The van der Waals surface area contributed by atoms with Gasteiger partial charge in [-0.3, -0.25) is 4.90 Å². The molecule has 1 aliphatic rings. The zero-order valence-electron chi connectivity index (χ0n) is 11.9. The molecule has 0 bridgehead atoms. The normalized spacial score (nSPS) is 25.8. The lowest BCUT2D eigenvalue weighted by atomic mass is 10.2. The lowest BCUT2D eigenvalue weighted by Gasteiger charge is -2.31. The molecule has 0 aromatic heterocycles. The van der Waals surface area contributed by atoms with Crippen molar-refractivity contribution in [1.29, 1.82) is 0 Å². The van der Waals surface area contributed by atoms with Crippen molar-refractivity contribution in [1.82, 2.24) is 15.1 Å². The fourth-order valence-corrected chi connectivity index (χ4v) is 2.64. The molecule has 0 amide bonds. The van der Waals surface area contributed by atoms with Gasteiger partial charge in [0.25, 0.3) is 0 Å². The average molecular weight is 243 g/mol. The average Bonchev–Trinajstić information content (AvgIpc) is 2.42. The van der Waals surface area contributed by atoms with E-state index in [0.717, 1.165) is 19.7 Å². The third-order valence-electron chi connectivity index (χ3n) is 3.50. The van der Waals surface area contributed by atoms with Gasteiger partial charge in [0, 0.05) is 32.3 Å². The number of hydrogen-bond acceptors (Lipinski definition) is 4. The van der Waals surface area contributed by atoms with Gasteiger partial charge in [0.05, 0.1) is 6.61 Å². The van der Waals surface area contributed by atoms with Gasteiger partial charge in [-0.05, 0) is 40.0 Å². The molecular formula is C13H29N3O. The predicted octanol–water partition coefficient (Wildman–Crippen LogP) is 0.637. The van der Waals surface area contributed by atoms with Gasteiger partial charge in [0.1, 0.15) is 0 Å². The van der Waals surface area contributed by atoms with Crippen molar-refractivity contribution in [2.24, 2.45) is 0 Å². The van der Waals surface area contributed by atoms with Crippen molar-refractivity contribution >= 4 is 0 Å². The van der Waals surface area contributed by atoms with E-state index in [4.69, 9.17) is 4.74 Å². The summed E-state index contributed by atoms with van der Waals surface area (Å²) in [5.41, 5.74) is 0. The van der Waals surface area contributed by atoms with Gasteiger partial charge in [0.2, 0.25) is 0 Å². The highest BCUT2D eigenvalue weighted by Gasteiger charge is 2.22. The first-order valence-electron chi connectivity index (χ1n) is 6.82. The molecule has 1 saturated heterocycles. The molecule has 0 saturated carbocycles. The van der Waals surface area contributed by atoms with Crippen LogP contribution in [0.25, 0.3) is 0 Å². The van der Waals surface area contributed by atoms with Gasteiger partial charge >= 0.3 is 0 Å². The second-order valence-electron chi connectivity index (χ2n) is 5.17. The summed E-state index contributed by atoms with van der Waals surface area (Å²) in [5.74, 6) is 0. The zero-order chi connectivity index (χ0) is 12.7. The van der Waals surface area contributed by atoms with E-state index in [1.165, 1.54) is 26.1 Å². The minimum atomic E-state index is 0.454.